The van der Waals surface area contributed by atoms with Crippen molar-refractivity contribution in [2.45, 2.75) is 11.4 Å². The first-order valence-corrected chi connectivity index (χ1v) is 9.06. The Morgan fingerprint density at radius 1 is 1.08 bits per heavy atom. The summed E-state index contributed by atoms with van der Waals surface area (Å²) in [6.45, 7) is -0.0401. The van der Waals surface area contributed by atoms with E-state index in [-0.39, 0.29) is 22.9 Å². The van der Waals surface area contributed by atoms with Gasteiger partial charge in [0, 0.05) is 22.8 Å². The molecule has 1 heterocycles. The summed E-state index contributed by atoms with van der Waals surface area (Å²) in [6, 6.07) is 7.58. The first-order valence-electron chi connectivity index (χ1n) is 7.20. The molecule has 0 spiro atoms. The lowest BCUT2D eigenvalue weighted by molar-refractivity contribution is 0.555. The molecule has 2 aromatic carbocycles. The van der Waals surface area contributed by atoms with E-state index in [4.69, 9.17) is 11.6 Å². The molecule has 0 aliphatic rings. The SMILES string of the molecule is O=S(=O)(Nc1ccn(Cc2c(F)cccc2Cl)n1)c1cc(F)ccc1F. The summed E-state index contributed by atoms with van der Waals surface area (Å²) in [6.07, 6.45) is 1.39. The molecule has 3 rings (SSSR count). The Morgan fingerprint density at radius 3 is 2.58 bits per heavy atom. The molecule has 0 aliphatic heterocycles. The van der Waals surface area contributed by atoms with Gasteiger partial charge in [0.25, 0.3) is 10.0 Å². The molecule has 10 heteroatoms. The maximum absolute atomic E-state index is 13.8. The van der Waals surface area contributed by atoms with Gasteiger partial charge in [-0.05, 0) is 30.3 Å². The third-order valence-electron chi connectivity index (χ3n) is 3.44. The molecule has 0 radical (unpaired) electrons. The molecule has 3 aromatic rings. The second-order valence-corrected chi connectivity index (χ2v) is 7.34. The Hall–Kier alpha value is -2.52. The Balaban J connectivity index is 1.83. The summed E-state index contributed by atoms with van der Waals surface area (Å²) in [5.41, 5.74) is 0.183. The molecule has 26 heavy (non-hydrogen) atoms. The predicted molar refractivity (Wildman–Crippen MR) is 89.9 cm³/mol. The monoisotopic (exact) mass is 401 g/mol. The van der Waals surface area contributed by atoms with E-state index in [1.807, 2.05) is 4.72 Å². The van der Waals surface area contributed by atoms with Gasteiger partial charge in [0.2, 0.25) is 0 Å². The van der Waals surface area contributed by atoms with E-state index in [0.29, 0.717) is 12.1 Å². The van der Waals surface area contributed by atoms with Crippen LogP contribution in [0.3, 0.4) is 0 Å². The van der Waals surface area contributed by atoms with Crippen molar-refractivity contribution in [2.75, 3.05) is 4.72 Å². The molecule has 0 aliphatic carbocycles. The van der Waals surface area contributed by atoms with Gasteiger partial charge in [0.05, 0.1) is 6.54 Å². The molecular weight excluding hydrogens is 391 g/mol. The van der Waals surface area contributed by atoms with Gasteiger partial charge in [-0.2, -0.15) is 5.10 Å². The molecule has 0 fully saturated rings. The Morgan fingerprint density at radius 2 is 1.85 bits per heavy atom. The number of nitrogens with zero attached hydrogens (tertiary/aromatic N) is 2. The van der Waals surface area contributed by atoms with E-state index < -0.39 is 32.4 Å². The van der Waals surface area contributed by atoms with E-state index in [1.165, 1.54) is 35.1 Å². The van der Waals surface area contributed by atoms with Crippen LogP contribution in [0.5, 0.6) is 0 Å². The quantitative estimate of drug-likeness (QED) is 0.707. The van der Waals surface area contributed by atoms with E-state index in [2.05, 4.69) is 5.10 Å². The van der Waals surface area contributed by atoms with Gasteiger partial charge in [-0.1, -0.05) is 17.7 Å². The van der Waals surface area contributed by atoms with Crippen molar-refractivity contribution in [1.29, 1.82) is 0 Å². The van der Waals surface area contributed by atoms with Gasteiger partial charge >= 0.3 is 0 Å². The number of nitrogens with one attached hydrogen (secondary N) is 1. The number of halogens is 4. The van der Waals surface area contributed by atoms with Crippen LogP contribution in [0.15, 0.2) is 53.6 Å². The topological polar surface area (TPSA) is 64.0 Å². The number of sulfonamides is 1. The molecule has 136 valence electrons. The summed E-state index contributed by atoms with van der Waals surface area (Å²) in [5, 5.41) is 4.13. The lowest BCUT2D eigenvalue weighted by Crippen LogP contribution is -2.15. The zero-order chi connectivity index (χ0) is 18.9. The summed E-state index contributed by atoms with van der Waals surface area (Å²) in [5.74, 6) is -2.67. The maximum atomic E-state index is 13.8. The normalized spacial score (nSPS) is 11.5. The van der Waals surface area contributed by atoms with Gasteiger partial charge in [-0.15, -0.1) is 0 Å². The van der Waals surface area contributed by atoms with Crippen LogP contribution in [0.4, 0.5) is 19.0 Å². The molecule has 0 unspecified atom stereocenters. The molecule has 0 atom stereocenters. The molecular formula is C16H11ClF3N3O2S. The van der Waals surface area contributed by atoms with Crippen molar-refractivity contribution in [3.05, 3.63) is 76.7 Å². The first kappa shape index (κ1) is 18.3. The Bertz CT molecular complexity index is 1050. The second kappa shape index (κ2) is 7.00. The number of hydrogen-bond donors (Lipinski definition) is 1. The minimum Gasteiger partial charge on any atom is -0.266 e. The van der Waals surface area contributed by atoms with Gasteiger partial charge < -0.3 is 0 Å². The summed E-state index contributed by atoms with van der Waals surface area (Å²) >= 11 is 5.94. The molecule has 1 aromatic heterocycles. The third-order valence-corrected chi connectivity index (χ3v) is 5.17. The Kier molecular flexibility index (Phi) is 4.92. The van der Waals surface area contributed by atoms with E-state index >= 15 is 0 Å². The zero-order valence-electron chi connectivity index (χ0n) is 13.0. The van der Waals surface area contributed by atoms with Crippen LogP contribution in [0.25, 0.3) is 0 Å². The largest absolute Gasteiger partial charge is 0.266 e. The highest BCUT2D eigenvalue weighted by Crippen LogP contribution is 2.22. The lowest BCUT2D eigenvalue weighted by Gasteiger charge is -2.07. The molecule has 0 amide bonds. The predicted octanol–water partition coefficient (Wildman–Crippen LogP) is 3.80. The fourth-order valence-corrected chi connectivity index (χ4v) is 3.53. The van der Waals surface area contributed by atoms with Crippen LogP contribution < -0.4 is 4.72 Å². The van der Waals surface area contributed by atoms with Crippen molar-refractivity contribution in [3.63, 3.8) is 0 Å². The van der Waals surface area contributed by atoms with Gasteiger partial charge in [0.15, 0.2) is 5.82 Å². The first-order chi connectivity index (χ1) is 12.3. The number of hydrogen-bond acceptors (Lipinski definition) is 3. The minimum atomic E-state index is -4.38. The maximum Gasteiger partial charge on any atom is 0.266 e. The summed E-state index contributed by atoms with van der Waals surface area (Å²) in [4.78, 5) is -0.843. The number of aromatic nitrogens is 2. The van der Waals surface area contributed by atoms with Crippen LogP contribution >= 0.6 is 11.6 Å². The lowest BCUT2D eigenvalue weighted by atomic mass is 10.2. The molecule has 5 nitrogen and oxygen atoms in total. The molecule has 0 bridgehead atoms. The van der Waals surface area contributed by atoms with E-state index in [1.54, 1.807) is 0 Å². The van der Waals surface area contributed by atoms with Crippen molar-refractivity contribution >= 4 is 27.4 Å². The smallest absolute Gasteiger partial charge is 0.266 e. The van der Waals surface area contributed by atoms with Crippen molar-refractivity contribution in [3.8, 4) is 0 Å². The number of benzene rings is 2. The molecule has 1 N–H and O–H groups in total. The van der Waals surface area contributed by atoms with E-state index in [9.17, 15) is 21.6 Å². The third kappa shape index (κ3) is 3.83. The molecule has 0 saturated carbocycles. The van der Waals surface area contributed by atoms with Crippen molar-refractivity contribution in [2.24, 2.45) is 0 Å². The average molecular weight is 402 g/mol. The van der Waals surface area contributed by atoms with Gasteiger partial charge in [0.1, 0.15) is 22.3 Å². The van der Waals surface area contributed by atoms with E-state index in [0.717, 1.165) is 6.07 Å². The Labute approximate surface area is 152 Å². The highest BCUT2D eigenvalue weighted by Gasteiger charge is 2.21. The minimum absolute atomic E-state index is 0.0401. The van der Waals surface area contributed by atoms with Gasteiger partial charge in [-0.25, -0.2) is 21.6 Å². The van der Waals surface area contributed by atoms with Crippen LogP contribution in [-0.2, 0) is 16.6 Å². The van der Waals surface area contributed by atoms with Gasteiger partial charge in [-0.3, -0.25) is 9.40 Å². The van der Waals surface area contributed by atoms with Crippen LogP contribution in [-0.4, -0.2) is 18.2 Å². The average Bonchev–Trinajstić information content (AvgIpc) is 2.99. The fraction of sp³-hybridized carbons (Fsp3) is 0.0625. The molecule has 0 saturated heterocycles. The van der Waals surface area contributed by atoms with Crippen molar-refractivity contribution < 1.29 is 21.6 Å². The zero-order valence-corrected chi connectivity index (χ0v) is 14.5. The number of rotatable bonds is 5. The van der Waals surface area contributed by atoms with Crippen LogP contribution in [0.1, 0.15) is 5.56 Å². The van der Waals surface area contributed by atoms with Crippen molar-refractivity contribution in [1.82, 2.24) is 9.78 Å². The second-order valence-electron chi connectivity index (χ2n) is 5.28. The highest BCUT2D eigenvalue weighted by atomic mass is 35.5. The van der Waals surface area contributed by atoms with Crippen LogP contribution in [0, 0.1) is 17.5 Å². The van der Waals surface area contributed by atoms with Crippen LogP contribution in [0.2, 0.25) is 5.02 Å². The highest BCUT2D eigenvalue weighted by molar-refractivity contribution is 7.92. The summed E-state index contributed by atoms with van der Waals surface area (Å²) in [7, 11) is -4.38. The standard InChI is InChI=1S/C16H11ClF3N3O2S/c17-12-2-1-3-13(19)11(12)9-23-7-6-16(21-23)22-26(24,25)15-8-10(18)4-5-14(15)20/h1-8H,9H2,(H,21,22). The fourth-order valence-electron chi connectivity index (χ4n) is 2.23. The number of anilines is 1. The summed E-state index contributed by atoms with van der Waals surface area (Å²) < 4.78 is 68.4.